The summed E-state index contributed by atoms with van der Waals surface area (Å²) in [5.74, 6) is -0.749. The molecule has 8 nitrogen and oxygen atoms in total. The van der Waals surface area contributed by atoms with Gasteiger partial charge in [0.05, 0.1) is 17.3 Å². The summed E-state index contributed by atoms with van der Waals surface area (Å²) in [5, 5.41) is 11.3. The fourth-order valence-electron chi connectivity index (χ4n) is 6.63. The zero-order valence-electron chi connectivity index (χ0n) is 24.1. The highest BCUT2D eigenvalue weighted by Crippen LogP contribution is 2.49. The van der Waals surface area contributed by atoms with Crippen LogP contribution in [0.25, 0.3) is 10.8 Å². The van der Waals surface area contributed by atoms with Crippen LogP contribution in [0, 0.1) is 17.2 Å². The zero-order chi connectivity index (χ0) is 32.1. The number of fused-ring (bicyclic) bond motifs is 1. The largest absolute Gasteiger partial charge is 0.432 e. The third-order valence-corrected chi connectivity index (χ3v) is 9.12. The third-order valence-electron chi connectivity index (χ3n) is 9.12. The van der Waals surface area contributed by atoms with Crippen molar-refractivity contribution < 1.29 is 22.4 Å². The van der Waals surface area contributed by atoms with Crippen molar-refractivity contribution in [2.24, 2.45) is 17.4 Å². The molecule has 4 unspecified atom stereocenters. The highest BCUT2D eigenvalue weighted by atomic mass is 19.4. The smallest absolute Gasteiger partial charge is 0.383 e. The number of benzene rings is 2. The molecule has 0 saturated heterocycles. The molecule has 7 N–H and O–H groups in total. The Balaban J connectivity index is 1.38. The molecule has 2 heterocycles. The molecule has 1 aliphatic heterocycles. The van der Waals surface area contributed by atoms with Crippen molar-refractivity contribution >= 4 is 28.2 Å². The lowest BCUT2D eigenvalue weighted by molar-refractivity contribution is -0.123. The molecule has 0 bridgehead atoms. The van der Waals surface area contributed by atoms with E-state index in [0.717, 1.165) is 23.4 Å². The first-order chi connectivity index (χ1) is 21.4. The number of halogens is 4. The van der Waals surface area contributed by atoms with E-state index in [-0.39, 0.29) is 29.4 Å². The number of primary amides is 1. The Hall–Kier alpha value is -4.89. The van der Waals surface area contributed by atoms with Crippen LogP contribution in [-0.4, -0.2) is 34.3 Å². The SMILES string of the molecule is N#Cc1cccc(C(CCC2=CC=CC(N)(C3(C(N)=O)C=C(C(F)(F)F)NN3c3ccc4ccnc(N)c4c3)C2F)C2CC2)c1. The lowest BCUT2D eigenvalue weighted by atomic mass is 9.68. The van der Waals surface area contributed by atoms with Crippen LogP contribution in [0.1, 0.15) is 42.7 Å². The van der Waals surface area contributed by atoms with Gasteiger partial charge in [0.1, 0.15) is 23.2 Å². The summed E-state index contributed by atoms with van der Waals surface area (Å²) < 4.78 is 59.5. The third kappa shape index (κ3) is 5.07. The summed E-state index contributed by atoms with van der Waals surface area (Å²) in [4.78, 5) is 17.5. The number of carbonyl (C=O) groups excluding carboxylic acids is 1. The van der Waals surface area contributed by atoms with Crippen molar-refractivity contribution in [3.05, 3.63) is 101 Å². The fraction of sp³-hybridized carbons (Fsp3) is 0.303. The van der Waals surface area contributed by atoms with Gasteiger partial charge in [-0.15, -0.1) is 0 Å². The first-order valence-electron chi connectivity index (χ1n) is 14.5. The molecule has 0 spiro atoms. The van der Waals surface area contributed by atoms with E-state index in [4.69, 9.17) is 17.2 Å². The second-order valence-electron chi connectivity index (χ2n) is 11.9. The number of nitrogen functional groups attached to an aromatic ring is 1. The highest BCUT2D eigenvalue weighted by Gasteiger charge is 2.65. The first-order valence-corrected chi connectivity index (χ1v) is 14.5. The van der Waals surface area contributed by atoms with E-state index < -0.39 is 35.0 Å². The molecule has 6 rings (SSSR count). The van der Waals surface area contributed by atoms with E-state index in [2.05, 4.69) is 16.5 Å². The standard InChI is InChI=1S/C33H31F4N7O/c34-28-22(9-11-25(20-6-7-20)23-4-1-3-19(15-23)18-38)5-2-13-31(28,41)32(30(40)45)17-27(33(35,36)37)43-44(32)24-10-8-21-12-14-42-29(39)26(21)16-24/h1-5,8,10,12-17,20,25,28,43H,6-7,9,11,41H2,(H2,39,42)(H2,40,45). The van der Waals surface area contributed by atoms with Gasteiger partial charge in [0, 0.05) is 11.6 Å². The number of anilines is 2. The van der Waals surface area contributed by atoms with Gasteiger partial charge in [-0.1, -0.05) is 36.4 Å². The number of hydrogen-bond acceptors (Lipinski definition) is 7. The number of aromatic nitrogens is 1. The zero-order valence-corrected chi connectivity index (χ0v) is 24.1. The summed E-state index contributed by atoms with van der Waals surface area (Å²) in [7, 11) is 0. The minimum Gasteiger partial charge on any atom is -0.383 e. The summed E-state index contributed by atoms with van der Waals surface area (Å²) in [5.41, 5.74) is 16.5. The number of nitriles is 1. The molecule has 1 fully saturated rings. The number of alkyl halides is 4. The Bertz CT molecular complexity index is 1810. The number of carbonyl (C=O) groups is 1. The van der Waals surface area contributed by atoms with Crippen LogP contribution in [0.15, 0.2) is 90.3 Å². The van der Waals surface area contributed by atoms with Gasteiger partial charge in [-0.3, -0.25) is 15.2 Å². The number of rotatable bonds is 8. The number of nitrogens with one attached hydrogen (secondary N) is 1. The van der Waals surface area contributed by atoms with Gasteiger partial charge in [0.15, 0.2) is 5.54 Å². The van der Waals surface area contributed by atoms with Crippen LogP contribution < -0.4 is 27.6 Å². The van der Waals surface area contributed by atoms with Crippen LogP contribution in [0.4, 0.5) is 29.1 Å². The summed E-state index contributed by atoms with van der Waals surface area (Å²) in [6, 6.07) is 15.6. The van der Waals surface area contributed by atoms with Crippen molar-refractivity contribution in [1.82, 2.24) is 10.4 Å². The summed E-state index contributed by atoms with van der Waals surface area (Å²) in [6.07, 6.45) is 1.98. The van der Waals surface area contributed by atoms with Gasteiger partial charge in [0.2, 0.25) is 0 Å². The number of nitrogens with two attached hydrogens (primary N) is 3. The van der Waals surface area contributed by atoms with Crippen LogP contribution in [-0.2, 0) is 4.79 Å². The maximum atomic E-state index is 16.9. The van der Waals surface area contributed by atoms with Gasteiger partial charge in [-0.25, -0.2) is 9.37 Å². The number of hydrazine groups is 1. The molecule has 1 amide bonds. The summed E-state index contributed by atoms with van der Waals surface area (Å²) in [6.45, 7) is 0. The average Bonchev–Trinajstić information content (AvgIpc) is 3.75. The number of nitrogens with zero attached hydrogens (tertiary/aromatic N) is 3. The van der Waals surface area contributed by atoms with Gasteiger partial charge in [-0.05, 0) is 90.4 Å². The number of amides is 1. The Labute approximate surface area is 256 Å². The molecule has 232 valence electrons. The Morgan fingerprint density at radius 3 is 2.67 bits per heavy atom. The van der Waals surface area contributed by atoms with E-state index in [1.54, 1.807) is 24.3 Å². The molecule has 0 radical (unpaired) electrons. The molecule has 2 aromatic carbocycles. The Morgan fingerprint density at radius 2 is 1.98 bits per heavy atom. The maximum Gasteiger partial charge on any atom is 0.432 e. The second kappa shape index (κ2) is 10.9. The minimum atomic E-state index is -4.94. The lowest BCUT2D eigenvalue weighted by Crippen LogP contribution is -2.76. The van der Waals surface area contributed by atoms with Crippen LogP contribution >= 0.6 is 0 Å². The first kappa shape index (κ1) is 30.1. The van der Waals surface area contributed by atoms with E-state index in [0.29, 0.717) is 34.8 Å². The topological polar surface area (TPSA) is 147 Å². The molecule has 45 heavy (non-hydrogen) atoms. The maximum absolute atomic E-state index is 16.9. The van der Waals surface area contributed by atoms with Gasteiger partial charge >= 0.3 is 6.18 Å². The lowest BCUT2D eigenvalue weighted by Gasteiger charge is -2.49. The van der Waals surface area contributed by atoms with Crippen molar-refractivity contribution in [3.63, 3.8) is 0 Å². The van der Waals surface area contributed by atoms with E-state index >= 15 is 4.39 Å². The molecule has 1 saturated carbocycles. The van der Waals surface area contributed by atoms with Crippen LogP contribution in [0.3, 0.4) is 0 Å². The van der Waals surface area contributed by atoms with Crippen molar-refractivity contribution in [2.75, 3.05) is 10.7 Å². The average molecular weight is 618 g/mol. The molecule has 1 aromatic heterocycles. The Morgan fingerprint density at radius 1 is 1.20 bits per heavy atom. The molecular formula is C33H31F4N7O. The molecule has 2 aliphatic carbocycles. The quantitative estimate of drug-likeness (QED) is 0.255. The predicted octanol–water partition coefficient (Wildman–Crippen LogP) is 5.19. The van der Waals surface area contributed by atoms with Gasteiger partial charge in [0.25, 0.3) is 5.91 Å². The molecular weight excluding hydrogens is 586 g/mol. The second-order valence-corrected chi connectivity index (χ2v) is 11.9. The molecule has 3 aliphatic rings. The predicted molar refractivity (Wildman–Crippen MR) is 163 cm³/mol. The molecule has 12 heteroatoms. The van der Waals surface area contributed by atoms with Gasteiger partial charge < -0.3 is 17.2 Å². The number of hydrogen-bond donors (Lipinski definition) is 4. The number of allylic oxidation sites excluding steroid dienone is 3. The van der Waals surface area contributed by atoms with E-state index in [1.165, 1.54) is 30.5 Å². The van der Waals surface area contributed by atoms with Gasteiger partial charge in [-0.2, -0.15) is 18.4 Å². The van der Waals surface area contributed by atoms with E-state index in [9.17, 15) is 23.2 Å². The van der Waals surface area contributed by atoms with Crippen molar-refractivity contribution in [2.45, 2.75) is 55.0 Å². The highest BCUT2D eigenvalue weighted by molar-refractivity contribution is 5.98. The van der Waals surface area contributed by atoms with Crippen molar-refractivity contribution in [3.8, 4) is 6.07 Å². The molecule has 3 aromatic rings. The summed E-state index contributed by atoms with van der Waals surface area (Å²) >= 11 is 0. The van der Waals surface area contributed by atoms with E-state index in [1.807, 2.05) is 18.2 Å². The molecule has 4 atom stereocenters. The fourth-order valence-corrected chi connectivity index (χ4v) is 6.63. The van der Waals surface area contributed by atoms with Crippen LogP contribution in [0.2, 0.25) is 0 Å². The van der Waals surface area contributed by atoms with Crippen LogP contribution in [0.5, 0.6) is 0 Å². The minimum absolute atomic E-state index is 0.0456. The normalized spacial score (nSPS) is 25.3. The Kier molecular flexibility index (Phi) is 7.32. The monoisotopic (exact) mass is 617 g/mol. The van der Waals surface area contributed by atoms with Crippen molar-refractivity contribution in [1.29, 1.82) is 5.26 Å². The number of pyridine rings is 1.